The summed E-state index contributed by atoms with van der Waals surface area (Å²) in [5, 5.41) is 3.09. The van der Waals surface area contributed by atoms with E-state index < -0.39 is 0 Å². The first-order valence-corrected chi connectivity index (χ1v) is 9.55. The molecular weight excluding hydrogens is 342 g/mol. The Balaban J connectivity index is 1.33. The Morgan fingerprint density at radius 1 is 1.19 bits per heavy atom. The fraction of sp³-hybridized carbons (Fsp3) is 0.500. The van der Waals surface area contributed by atoms with E-state index in [9.17, 15) is 4.79 Å². The number of nitrogens with two attached hydrogens (primary N) is 1. The molecule has 2 aromatic rings. The number of carbonyl (C=O) groups excluding carboxylic acids is 1. The number of nitrogens with one attached hydrogen (secondary N) is 1. The second kappa shape index (κ2) is 7.50. The molecule has 0 spiro atoms. The lowest BCUT2D eigenvalue weighted by molar-refractivity contribution is -0.146. The molecule has 2 aliphatic rings. The van der Waals surface area contributed by atoms with Crippen LogP contribution in [0.15, 0.2) is 24.3 Å². The molecular formula is C20H25N5O2. The molecule has 0 radical (unpaired) electrons. The highest BCUT2D eigenvalue weighted by atomic mass is 16.5. The van der Waals surface area contributed by atoms with Gasteiger partial charge in [0.15, 0.2) is 12.4 Å². The van der Waals surface area contributed by atoms with Crippen molar-refractivity contribution in [1.82, 2.24) is 15.0 Å². The summed E-state index contributed by atoms with van der Waals surface area (Å²) in [6.45, 7) is 2.03. The van der Waals surface area contributed by atoms with Gasteiger partial charge in [0, 0.05) is 12.1 Å². The molecule has 2 fully saturated rings. The summed E-state index contributed by atoms with van der Waals surface area (Å²) >= 11 is 0. The van der Waals surface area contributed by atoms with Crippen molar-refractivity contribution < 1.29 is 9.53 Å². The van der Waals surface area contributed by atoms with E-state index in [1.807, 2.05) is 31.2 Å². The molecule has 7 heteroatoms. The standard InChI is InChI=1S/C20H25N5O2/c1-12-2-6-16(7-3-12)22-20-24-17(23-19(21)25-20)11-27-18(26)10-15-9-13-4-5-14(15)8-13/h2-3,6-7,13-15H,4-5,8-11H2,1H3,(H3,21,22,23,24,25)/t13-,14-,15-/m1/s1. The lowest BCUT2D eigenvalue weighted by Crippen LogP contribution is -2.17. The minimum atomic E-state index is -0.181. The van der Waals surface area contributed by atoms with Gasteiger partial charge in [-0.1, -0.05) is 24.1 Å². The third kappa shape index (κ3) is 4.35. The molecule has 0 aliphatic heterocycles. The molecule has 0 saturated heterocycles. The van der Waals surface area contributed by atoms with Crippen LogP contribution in [-0.2, 0) is 16.1 Å². The van der Waals surface area contributed by atoms with Crippen LogP contribution < -0.4 is 11.1 Å². The van der Waals surface area contributed by atoms with Crippen LogP contribution in [0, 0.1) is 24.7 Å². The third-order valence-corrected chi connectivity index (χ3v) is 5.68. The Bertz CT molecular complexity index is 824. The summed E-state index contributed by atoms with van der Waals surface area (Å²) in [6.07, 6.45) is 5.55. The van der Waals surface area contributed by atoms with Crippen molar-refractivity contribution in [2.75, 3.05) is 11.1 Å². The minimum absolute atomic E-state index is 0.00888. The number of hydrogen-bond acceptors (Lipinski definition) is 7. The smallest absolute Gasteiger partial charge is 0.306 e. The van der Waals surface area contributed by atoms with Gasteiger partial charge in [-0.3, -0.25) is 4.79 Å². The van der Waals surface area contributed by atoms with E-state index >= 15 is 0 Å². The second-order valence-electron chi connectivity index (χ2n) is 7.72. The van der Waals surface area contributed by atoms with Gasteiger partial charge in [0.05, 0.1) is 0 Å². The van der Waals surface area contributed by atoms with Crippen molar-refractivity contribution >= 4 is 23.6 Å². The minimum Gasteiger partial charge on any atom is -0.457 e. The van der Waals surface area contributed by atoms with E-state index in [2.05, 4.69) is 20.3 Å². The van der Waals surface area contributed by atoms with Crippen LogP contribution in [-0.4, -0.2) is 20.9 Å². The van der Waals surface area contributed by atoms with E-state index in [1.165, 1.54) is 31.2 Å². The number of esters is 1. The second-order valence-corrected chi connectivity index (χ2v) is 7.72. The van der Waals surface area contributed by atoms with Crippen molar-refractivity contribution in [2.24, 2.45) is 17.8 Å². The molecule has 1 aromatic carbocycles. The van der Waals surface area contributed by atoms with Gasteiger partial charge in [-0.2, -0.15) is 15.0 Å². The van der Waals surface area contributed by atoms with Crippen molar-refractivity contribution in [3.8, 4) is 0 Å². The zero-order valence-electron chi connectivity index (χ0n) is 15.5. The maximum absolute atomic E-state index is 12.2. The maximum Gasteiger partial charge on any atom is 0.306 e. The highest BCUT2D eigenvalue weighted by Crippen LogP contribution is 2.49. The monoisotopic (exact) mass is 367 g/mol. The highest BCUT2D eigenvalue weighted by Gasteiger charge is 2.40. The number of aromatic nitrogens is 3. The van der Waals surface area contributed by atoms with E-state index in [0.29, 0.717) is 30.0 Å². The Labute approximate surface area is 158 Å². The molecule has 7 nitrogen and oxygen atoms in total. The topological polar surface area (TPSA) is 103 Å². The number of nitrogen functional groups attached to an aromatic ring is 1. The van der Waals surface area contributed by atoms with Gasteiger partial charge in [-0.05, 0) is 56.1 Å². The molecule has 3 N–H and O–H groups in total. The van der Waals surface area contributed by atoms with E-state index in [-0.39, 0.29) is 18.5 Å². The molecule has 27 heavy (non-hydrogen) atoms. The lowest BCUT2D eigenvalue weighted by Gasteiger charge is -2.20. The van der Waals surface area contributed by atoms with Gasteiger partial charge in [-0.15, -0.1) is 0 Å². The van der Waals surface area contributed by atoms with Crippen LogP contribution in [0.1, 0.15) is 43.5 Å². The first-order chi connectivity index (χ1) is 13.0. The highest BCUT2D eigenvalue weighted by molar-refractivity contribution is 5.69. The van der Waals surface area contributed by atoms with Crippen LogP contribution in [0.2, 0.25) is 0 Å². The number of carbonyl (C=O) groups is 1. The summed E-state index contributed by atoms with van der Waals surface area (Å²) < 4.78 is 5.40. The van der Waals surface area contributed by atoms with E-state index in [4.69, 9.17) is 10.5 Å². The van der Waals surface area contributed by atoms with Crippen LogP contribution in [0.25, 0.3) is 0 Å². The summed E-state index contributed by atoms with van der Waals surface area (Å²) in [6, 6.07) is 7.85. The lowest BCUT2D eigenvalue weighted by atomic mass is 9.86. The predicted octanol–water partition coefficient (Wildman–Crippen LogP) is 3.38. The molecule has 4 rings (SSSR count). The quantitative estimate of drug-likeness (QED) is 0.754. The van der Waals surface area contributed by atoms with E-state index in [1.54, 1.807) is 0 Å². The number of fused-ring (bicyclic) bond motifs is 2. The molecule has 142 valence electrons. The van der Waals surface area contributed by atoms with Crippen LogP contribution in [0.4, 0.5) is 17.6 Å². The number of hydrogen-bond donors (Lipinski definition) is 2. The van der Waals surface area contributed by atoms with Crippen molar-refractivity contribution in [1.29, 1.82) is 0 Å². The Morgan fingerprint density at radius 2 is 2.00 bits per heavy atom. The number of benzene rings is 1. The van der Waals surface area contributed by atoms with Crippen LogP contribution in [0.5, 0.6) is 0 Å². The normalized spacial score (nSPS) is 23.4. The zero-order valence-corrected chi connectivity index (χ0v) is 15.5. The van der Waals surface area contributed by atoms with Crippen molar-refractivity contribution in [3.05, 3.63) is 35.7 Å². The summed E-state index contributed by atoms with van der Waals surface area (Å²) in [5.74, 6) is 2.62. The predicted molar refractivity (Wildman–Crippen MR) is 102 cm³/mol. The molecule has 2 saturated carbocycles. The maximum atomic E-state index is 12.2. The van der Waals surface area contributed by atoms with Gasteiger partial charge in [-0.25, -0.2) is 0 Å². The summed E-state index contributed by atoms with van der Waals surface area (Å²) in [4.78, 5) is 24.7. The molecule has 3 atom stereocenters. The fourth-order valence-electron chi connectivity index (χ4n) is 4.37. The Morgan fingerprint density at radius 3 is 2.70 bits per heavy atom. The Kier molecular flexibility index (Phi) is 4.92. The Hall–Kier alpha value is -2.70. The van der Waals surface area contributed by atoms with Crippen LogP contribution in [0.3, 0.4) is 0 Å². The molecule has 1 aromatic heterocycles. The first kappa shape index (κ1) is 17.7. The van der Waals surface area contributed by atoms with Gasteiger partial charge in [0.25, 0.3) is 0 Å². The van der Waals surface area contributed by atoms with E-state index in [0.717, 1.165) is 11.6 Å². The van der Waals surface area contributed by atoms with Crippen molar-refractivity contribution in [2.45, 2.75) is 45.6 Å². The fourth-order valence-corrected chi connectivity index (χ4v) is 4.37. The average Bonchev–Trinajstić information content (AvgIpc) is 3.25. The van der Waals surface area contributed by atoms with Gasteiger partial charge < -0.3 is 15.8 Å². The SMILES string of the molecule is Cc1ccc(Nc2nc(N)nc(COC(=O)C[C@H]3C[C@@H]4CC[C@@H]3C4)n2)cc1. The number of anilines is 3. The van der Waals surface area contributed by atoms with Gasteiger partial charge >= 0.3 is 5.97 Å². The molecule has 2 bridgehead atoms. The first-order valence-electron chi connectivity index (χ1n) is 9.55. The average molecular weight is 367 g/mol. The van der Waals surface area contributed by atoms with Crippen LogP contribution >= 0.6 is 0 Å². The number of rotatable bonds is 6. The molecule has 1 heterocycles. The summed E-state index contributed by atoms with van der Waals surface area (Å²) in [7, 11) is 0. The number of ether oxygens (including phenoxy) is 1. The molecule has 2 aliphatic carbocycles. The van der Waals surface area contributed by atoms with Gasteiger partial charge in [0.2, 0.25) is 11.9 Å². The zero-order chi connectivity index (χ0) is 18.8. The number of nitrogens with zero attached hydrogens (tertiary/aromatic N) is 3. The third-order valence-electron chi connectivity index (χ3n) is 5.68. The molecule has 0 unspecified atom stereocenters. The number of aryl methyl sites for hydroxylation is 1. The summed E-state index contributed by atoms with van der Waals surface area (Å²) in [5.41, 5.74) is 7.79. The largest absolute Gasteiger partial charge is 0.457 e. The molecule has 0 amide bonds. The van der Waals surface area contributed by atoms with Crippen molar-refractivity contribution in [3.63, 3.8) is 0 Å². The van der Waals surface area contributed by atoms with Gasteiger partial charge in [0.1, 0.15) is 0 Å².